The normalized spacial score (nSPS) is 26.8. The summed E-state index contributed by atoms with van der Waals surface area (Å²) in [5.41, 5.74) is 0.467. The van der Waals surface area contributed by atoms with E-state index in [9.17, 15) is 9.18 Å². The summed E-state index contributed by atoms with van der Waals surface area (Å²) < 4.78 is 17.9. The van der Waals surface area contributed by atoms with Crippen LogP contribution in [-0.4, -0.2) is 12.4 Å². The number of hydrogen-bond acceptors (Lipinski definition) is 2. The van der Waals surface area contributed by atoms with E-state index in [2.05, 4.69) is 0 Å². The molecule has 62 valence electrons. The molecule has 0 amide bonds. The molecule has 1 aromatic rings. The predicted octanol–water partition coefficient (Wildman–Crippen LogP) is 1.46. The minimum absolute atomic E-state index is 0.313. The van der Waals surface area contributed by atoms with E-state index in [0.717, 1.165) is 0 Å². The third kappa shape index (κ3) is 1.12. The fourth-order valence-electron chi connectivity index (χ4n) is 1.18. The lowest BCUT2D eigenvalue weighted by molar-refractivity contribution is -0.108. The Morgan fingerprint density at radius 1 is 1.42 bits per heavy atom. The van der Waals surface area contributed by atoms with Crippen LogP contribution in [0.1, 0.15) is 11.7 Å². The Hall–Kier alpha value is -1.22. The molecule has 1 heterocycles. The van der Waals surface area contributed by atoms with Crippen molar-refractivity contribution in [2.24, 2.45) is 0 Å². The molecule has 0 aliphatic carbocycles. The molecule has 0 bridgehead atoms. The maximum atomic E-state index is 13.0. The van der Waals surface area contributed by atoms with Gasteiger partial charge in [-0.15, -0.1) is 0 Å². The van der Waals surface area contributed by atoms with Gasteiger partial charge in [-0.3, -0.25) is 0 Å². The van der Waals surface area contributed by atoms with Crippen LogP contribution in [0, 0.1) is 5.82 Å². The summed E-state index contributed by atoms with van der Waals surface area (Å²) in [7, 11) is 0. The Bertz CT molecular complexity index is 311. The standard InChI is InChI=1S/C9H7FO2/c10-7-4-2-1-3-6(7)9-8(5-11)12-9/h1-5,8-9H/t8-,9-/m1/s1. The number of halogens is 1. The van der Waals surface area contributed by atoms with E-state index in [1.807, 2.05) is 0 Å². The van der Waals surface area contributed by atoms with Crippen LogP contribution >= 0.6 is 0 Å². The predicted molar refractivity (Wildman–Crippen MR) is 40.1 cm³/mol. The average molecular weight is 166 g/mol. The summed E-state index contributed by atoms with van der Waals surface area (Å²) in [5, 5.41) is 0. The van der Waals surface area contributed by atoms with Gasteiger partial charge in [-0.1, -0.05) is 18.2 Å². The van der Waals surface area contributed by atoms with E-state index in [1.165, 1.54) is 6.07 Å². The molecular formula is C9H7FO2. The first-order valence-electron chi connectivity index (χ1n) is 3.68. The molecule has 0 saturated carbocycles. The Balaban J connectivity index is 2.25. The lowest BCUT2D eigenvalue weighted by Gasteiger charge is -1.95. The third-order valence-electron chi connectivity index (χ3n) is 1.87. The quantitative estimate of drug-likeness (QED) is 0.491. The van der Waals surface area contributed by atoms with Crippen molar-refractivity contribution >= 4 is 6.29 Å². The molecule has 0 radical (unpaired) electrons. The number of aldehydes is 1. The Morgan fingerprint density at radius 2 is 2.17 bits per heavy atom. The van der Waals surface area contributed by atoms with Gasteiger partial charge in [-0.05, 0) is 6.07 Å². The SMILES string of the molecule is O=C[C@H]1O[C@@H]1c1ccccc1F. The second-order valence-corrected chi connectivity index (χ2v) is 2.68. The average Bonchev–Trinajstić information content (AvgIpc) is 2.84. The van der Waals surface area contributed by atoms with Gasteiger partial charge in [0, 0.05) is 5.56 Å². The second-order valence-electron chi connectivity index (χ2n) is 2.68. The van der Waals surface area contributed by atoms with Gasteiger partial charge in [-0.2, -0.15) is 0 Å². The fraction of sp³-hybridized carbons (Fsp3) is 0.222. The zero-order chi connectivity index (χ0) is 8.55. The summed E-state index contributed by atoms with van der Waals surface area (Å²) in [5.74, 6) is -0.313. The smallest absolute Gasteiger partial charge is 0.151 e. The van der Waals surface area contributed by atoms with Crippen molar-refractivity contribution in [2.75, 3.05) is 0 Å². The molecule has 1 aliphatic rings. The number of carbonyl (C=O) groups excluding carboxylic acids is 1. The molecule has 3 heteroatoms. The van der Waals surface area contributed by atoms with E-state index in [1.54, 1.807) is 18.2 Å². The molecule has 2 atom stereocenters. The van der Waals surface area contributed by atoms with Gasteiger partial charge in [0.15, 0.2) is 6.29 Å². The summed E-state index contributed by atoms with van der Waals surface area (Å²) in [6, 6.07) is 6.32. The zero-order valence-electron chi connectivity index (χ0n) is 6.24. The van der Waals surface area contributed by atoms with Crippen molar-refractivity contribution in [3.8, 4) is 0 Å². The zero-order valence-corrected chi connectivity index (χ0v) is 6.24. The van der Waals surface area contributed by atoms with Crippen LogP contribution in [0.5, 0.6) is 0 Å². The van der Waals surface area contributed by atoms with Gasteiger partial charge < -0.3 is 9.53 Å². The van der Waals surface area contributed by atoms with Crippen LogP contribution in [0.3, 0.4) is 0 Å². The monoisotopic (exact) mass is 166 g/mol. The molecule has 1 aliphatic heterocycles. The molecule has 1 saturated heterocycles. The van der Waals surface area contributed by atoms with E-state index >= 15 is 0 Å². The summed E-state index contributed by atoms with van der Waals surface area (Å²) in [6.07, 6.45) is -0.109. The highest BCUT2D eigenvalue weighted by molar-refractivity contribution is 5.61. The van der Waals surface area contributed by atoms with E-state index < -0.39 is 6.10 Å². The lowest BCUT2D eigenvalue weighted by Crippen LogP contribution is -1.92. The lowest BCUT2D eigenvalue weighted by atomic mass is 10.1. The largest absolute Gasteiger partial charge is 0.356 e. The number of ether oxygens (including phenoxy) is 1. The molecular weight excluding hydrogens is 159 g/mol. The van der Waals surface area contributed by atoms with Crippen LogP contribution in [0.4, 0.5) is 4.39 Å². The molecule has 0 spiro atoms. The molecule has 0 aromatic heterocycles. The van der Waals surface area contributed by atoms with Crippen molar-refractivity contribution in [2.45, 2.75) is 12.2 Å². The Labute approximate surface area is 69.0 Å². The molecule has 1 aromatic carbocycles. The molecule has 2 nitrogen and oxygen atoms in total. The maximum absolute atomic E-state index is 13.0. The van der Waals surface area contributed by atoms with Gasteiger partial charge >= 0.3 is 0 Å². The number of benzene rings is 1. The Morgan fingerprint density at radius 3 is 2.75 bits per heavy atom. The van der Waals surface area contributed by atoms with E-state index in [-0.39, 0.29) is 11.9 Å². The molecule has 0 unspecified atom stereocenters. The highest BCUT2D eigenvalue weighted by atomic mass is 19.1. The maximum Gasteiger partial charge on any atom is 0.151 e. The minimum Gasteiger partial charge on any atom is -0.356 e. The van der Waals surface area contributed by atoms with Crippen molar-refractivity contribution in [3.63, 3.8) is 0 Å². The van der Waals surface area contributed by atoms with Gasteiger partial charge in [0.05, 0.1) is 0 Å². The summed E-state index contributed by atoms with van der Waals surface area (Å²) in [4.78, 5) is 10.2. The highest BCUT2D eigenvalue weighted by Crippen LogP contribution is 2.38. The number of epoxide rings is 1. The highest BCUT2D eigenvalue weighted by Gasteiger charge is 2.41. The van der Waals surface area contributed by atoms with Crippen molar-refractivity contribution in [1.29, 1.82) is 0 Å². The molecule has 2 rings (SSSR count). The number of rotatable bonds is 2. The minimum atomic E-state index is -0.443. The van der Waals surface area contributed by atoms with E-state index in [0.29, 0.717) is 11.8 Å². The van der Waals surface area contributed by atoms with Crippen LogP contribution in [-0.2, 0) is 9.53 Å². The summed E-state index contributed by atoms with van der Waals surface area (Å²) in [6.45, 7) is 0. The van der Waals surface area contributed by atoms with Crippen LogP contribution in [0.25, 0.3) is 0 Å². The van der Waals surface area contributed by atoms with Gasteiger partial charge in [-0.25, -0.2) is 4.39 Å². The molecule has 12 heavy (non-hydrogen) atoms. The summed E-state index contributed by atoms with van der Waals surface area (Å²) >= 11 is 0. The topological polar surface area (TPSA) is 29.6 Å². The number of carbonyl (C=O) groups is 1. The third-order valence-corrected chi connectivity index (χ3v) is 1.87. The van der Waals surface area contributed by atoms with E-state index in [4.69, 9.17) is 4.74 Å². The first-order valence-corrected chi connectivity index (χ1v) is 3.68. The van der Waals surface area contributed by atoms with Gasteiger partial charge in [0.25, 0.3) is 0 Å². The van der Waals surface area contributed by atoms with Crippen LogP contribution < -0.4 is 0 Å². The van der Waals surface area contributed by atoms with Crippen molar-refractivity contribution < 1.29 is 13.9 Å². The first-order chi connectivity index (χ1) is 5.83. The first kappa shape index (κ1) is 7.43. The van der Waals surface area contributed by atoms with Crippen molar-refractivity contribution in [1.82, 2.24) is 0 Å². The van der Waals surface area contributed by atoms with Gasteiger partial charge in [0.2, 0.25) is 0 Å². The van der Waals surface area contributed by atoms with Crippen LogP contribution in [0.15, 0.2) is 24.3 Å². The van der Waals surface area contributed by atoms with Gasteiger partial charge in [0.1, 0.15) is 18.0 Å². The Kier molecular flexibility index (Phi) is 1.66. The molecule has 0 N–H and O–H groups in total. The second kappa shape index (κ2) is 2.68. The van der Waals surface area contributed by atoms with Crippen molar-refractivity contribution in [3.05, 3.63) is 35.6 Å². The number of hydrogen-bond donors (Lipinski definition) is 0. The molecule has 1 fully saturated rings. The fourth-order valence-corrected chi connectivity index (χ4v) is 1.18. The van der Waals surface area contributed by atoms with Crippen LogP contribution in [0.2, 0.25) is 0 Å².